The van der Waals surface area contributed by atoms with Crippen LogP contribution in [0.15, 0.2) is 12.1 Å². The topological polar surface area (TPSA) is 46.2 Å². The summed E-state index contributed by atoms with van der Waals surface area (Å²) >= 11 is 12.0. The van der Waals surface area contributed by atoms with Crippen LogP contribution in [0.5, 0.6) is 0 Å². The molecule has 0 bridgehead atoms. The van der Waals surface area contributed by atoms with Crippen LogP contribution in [0.1, 0.15) is 31.4 Å². The summed E-state index contributed by atoms with van der Waals surface area (Å²) in [5.41, 5.74) is 0.462. The summed E-state index contributed by atoms with van der Waals surface area (Å²) in [5.74, 6) is -0.289. The number of nitrogens with one attached hydrogen (secondary N) is 1. The molecule has 2 rings (SSSR count). The van der Waals surface area contributed by atoms with Crippen molar-refractivity contribution < 1.29 is 12.8 Å². The molecule has 20 heavy (non-hydrogen) atoms. The van der Waals surface area contributed by atoms with Gasteiger partial charge in [0.1, 0.15) is 5.82 Å². The first-order valence-corrected chi connectivity index (χ1v) is 8.88. The monoisotopic (exact) mass is 339 g/mol. The van der Waals surface area contributed by atoms with Crippen LogP contribution < -0.4 is 5.32 Å². The van der Waals surface area contributed by atoms with Crippen molar-refractivity contribution in [2.24, 2.45) is 0 Å². The summed E-state index contributed by atoms with van der Waals surface area (Å²) in [4.78, 5) is 0. The second-order valence-corrected chi connectivity index (χ2v) is 8.20. The van der Waals surface area contributed by atoms with Crippen LogP contribution in [0.2, 0.25) is 10.0 Å². The number of sulfone groups is 1. The Morgan fingerprint density at radius 3 is 2.75 bits per heavy atom. The van der Waals surface area contributed by atoms with E-state index in [0.29, 0.717) is 30.0 Å². The zero-order valence-corrected chi connectivity index (χ0v) is 13.3. The van der Waals surface area contributed by atoms with Gasteiger partial charge in [-0.15, -0.1) is 0 Å². The minimum atomic E-state index is -3.00. The van der Waals surface area contributed by atoms with E-state index < -0.39 is 15.7 Å². The lowest BCUT2D eigenvalue weighted by molar-refractivity contribution is 0.535. The van der Waals surface area contributed by atoms with E-state index in [4.69, 9.17) is 23.2 Å². The highest BCUT2D eigenvalue weighted by molar-refractivity contribution is 7.92. The Morgan fingerprint density at radius 1 is 1.45 bits per heavy atom. The molecule has 1 saturated heterocycles. The highest BCUT2D eigenvalue weighted by Gasteiger charge is 2.31. The molecular weight excluding hydrogens is 324 g/mol. The Kier molecular flexibility index (Phi) is 4.95. The number of benzene rings is 1. The lowest BCUT2D eigenvalue weighted by atomic mass is 10.1. The Morgan fingerprint density at radius 2 is 2.15 bits per heavy atom. The summed E-state index contributed by atoms with van der Waals surface area (Å²) in [7, 11) is -3.00. The molecule has 0 radical (unpaired) electrons. The molecule has 2 unspecified atom stereocenters. The number of hydrogen-bond donors (Lipinski definition) is 1. The molecule has 0 spiro atoms. The van der Waals surface area contributed by atoms with E-state index in [2.05, 4.69) is 5.32 Å². The van der Waals surface area contributed by atoms with Gasteiger partial charge in [-0.3, -0.25) is 0 Å². The summed E-state index contributed by atoms with van der Waals surface area (Å²) in [6.45, 7) is 2.11. The third kappa shape index (κ3) is 3.27. The fourth-order valence-corrected chi connectivity index (χ4v) is 4.91. The molecule has 1 fully saturated rings. The van der Waals surface area contributed by atoms with Gasteiger partial charge in [0, 0.05) is 23.2 Å². The summed E-state index contributed by atoms with van der Waals surface area (Å²) in [5, 5.41) is 3.06. The van der Waals surface area contributed by atoms with Gasteiger partial charge >= 0.3 is 0 Å². The van der Waals surface area contributed by atoms with Gasteiger partial charge in [-0.1, -0.05) is 23.2 Å². The Labute approximate surface area is 128 Å². The van der Waals surface area contributed by atoms with Crippen LogP contribution in [0.4, 0.5) is 4.39 Å². The summed E-state index contributed by atoms with van der Waals surface area (Å²) in [6, 6.07) is 2.34. The van der Waals surface area contributed by atoms with E-state index in [1.807, 2.05) is 0 Å². The first-order chi connectivity index (χ1) is 9.33. The molecule has 112 valence electrons. The first-order valence-electron chi connectivity index (χ1n) is 6.41. The molecule has 0 aliphatic carbocycles. The van der Waals surface area contributed by atoms with Crippen LogP contribution in [0.25, 0.3) is 0 Å². The molecule has 0 aromatic heterocycles. The Balaban J connectivity index is 2.10. The average molecular weight is 340 g/mol. The van der Waals surface area contributed by atoms with E-state index in [1.54, 1.807) is 6.92 Å². The van der Waals surface area contributed by atoms with Crippen molar-refractivity contribution in [3.8, 4) is 0 Å². The van der Waals surface area contributed by atoms with Crippen LogP contribution >= 0.6 is 23.2 Å². The lowest BCUT2D eigenvalue weighted by Crippen LogP contribution is -2.32. The lowest BCUT2D eigenvalue weighted by Gasteiger charge is -2.19. The standard InChI is InChI=1S/C13H16Cl2FNO2S/c1-8(12-10(14)4-5-11(16)13(12)15)17-7-9-3-2-6-20(9,18)19/h4-5,8-9,17H,2-3,6-7H2,1H3. The maximum absolute atomic E-state index is 13.5. The van der Waals surface area contributed by atoms with Crippen molar-refractivity contribution in [2.75, 3.05) is 12.3 Å². The zero-order valence-electron chi connectivity index (χ0n) is 11.0. The highest BCUT2D eigenvalue weighted by Crippen LogP contribution is 2.32. The molecular formula is C13H16Cl2FNO2S. The highest BCUT2D eigenvalue weighted by atomic mass is 35.5. The van der Waals surface area contributed by atoms with Gasteiger partial charge in [-0.2, -0.15) is 0 Å². The fourth-order valence-electron chi connectivity index (χ4n) is 2.44. The average Bonchev–Trinajstić information content (AvgIpc) is 2.71. The molecule has 1 aliphatic heterocycles. The molecule has 0 saturated carbocycles. The normalized spacial score (nSPS) is 22.9. The minimum Gasteiger partial charge on any atom is -0.309 e. The fraction of sp³-hybridized carbons (Fsp3) is 0.538. The second-order valence-electron chi connectivity index (χ2n) is 5.02. The van der Waals surface area contributed by atoms with Crippen molar-refractivity contribution in [3.63, 3.8) is 0 Å². The predicted octanol–water partition coefficient (Wildman–Crippen LogP) is 3.36. The van der Waals surface area contributed by atoms with E-state index in [1.165, 1.54) is 12.1 Å². The van der Waals surface area contributed by atoms with Gasteiger partial charge in [0.15, 0.2) is 9.84 Å². The van der Waals surface area contributed by atoms with Crippen molar-refractivity contribution in [2.45, 2.75) is 31.1 Å². The van der Waals surface area contributed by atoms with Crippen LogP contribution in [0, 0.1) is 5.82 Å². The van der Waals surface area contributed by atoms with E-state index in [9.17, 15) is 12.8 Å². The van der Waals surface area contributed by atoms with Crippen LogP contribution in [-0.2, 0) is 9.84 Å². The third-order valence-electron chi connectivity index (χ3n) is 3.63. The van der Waals surface area contributed by atoms with E-state index in [-0.39, 0.29) is 22.1 Å². The molecule has 1 aromatic rings. The molecule has 1 aromatic carbocycles. The molecule has 1 aliphatic rings. The van der Waals surface area contributed by atoms with Gasteiger partial charge in [0.05, 0.1) is 16.0 Å². The largest absolute Gasteiger partial charge is 0.309 e. The Hall–Kier alpha value is -0.360. The maximum atomic E-state index is 13.5. The van der Waals surface area contributed by atoms with Crippen LogP contribution in [0.3, 0.4) is 0 Å². The van der Waals surface area contributed by atoms with Gasteiger partial charge in [-0.25, -0.2) is 12.8 Å². The number of rotatable bonds is 4. The number of halogens is 3. The number of hydrogen-bond acceptors (Lipinski definition) is 3. The smallest absolute Gasteiger partial charge is 0.154 e. The summed E-state index contributed by atoms with van der Waals surface area (Å²) < 4.78 is 37.0. The Bertz CT molecular complexity index is 607. The van der Waals surface area contributed by atoms with Gasteiger partial charge < -0.3 is 5.32 Å². The second kappa shape index (κ2) is 6.18. The SMILES string of the molecule is CC(NCC1CCCS1(=O)=O)c1c(Cl)ccc(F)c1Cl. The molecule has 3 nitrogen and oxygen atoms in total. The maximum Gasteiger partial charge on any atom is 0.154 e. The molecule has 7 heteroatoms. The van der Waals surface area contributed by atoms with Gasteiger partial charge in [0.2, 0.25) is 0 Å². The van der Waals surface area contributed by atoms with Crippen molar-refractivity contribution in [1.29, 1.82) is 0 Å². The quantitative estimate of drug-likeness (QED) is 0.855. The summed E-state index contributed by atoms with van der Waals surface area (Å²) in [6.07, 6.45) is 1.36. The molecule has 1 N–H and O–H groups in total. The van der Waals surface area contributed by atoms with Gasteiger partial charge in [-0.05, 0) is 31.9 Å². The van der Waals surface area contributed by atoms with Crippen molar-refractivity contribution >= 4 is 33.0 Å². The first kappa shape index (κ1) is 16.0. The molecule has 1 heterocycles. The van der Waals surface area contributed by atoms with Crippen molar-refractivity contribution in [3.05, 3.63) is 33.6 Å². The minimum absolute atomic E-state index is 0.0215. The van der Waals surface area contributed by atoms with Crippen molar-refractivity contribution in [1.82, 2.24) is 5.32 Å². The predicted molar refractivity (Wildman–Crippen MR) is 79.6 cm³/mol. The zero-order chi connectivity index (χ0) is 14.9. The van der Waals surface area contributed by atoms with Gasteiger partial charge in [0.25, 0.3) is 0 Å². The van der Waals surface area contributed by atoms with E-state index >= 15 is 0 Å². The molecule has 0 amide bonds. The molecule has 2 atom stereocenters. The van der Waals surface area contributed by atoms with Crippen LogP contribution in [-0.4, -0.2) is 26.0 Å². The van der Waals surface area contributed by atoms with E-state index in [0.717, 1.165) is 0 Å². The third-order valence-corrected chi connectivity index (χ3v) is 6.62.